The van der Waals surface area contributed by atoms with E-state index in [2.05, 4.69) is 4.72 Å². The number of nitrogens with two attached hydrogens (primary N) is 1. The summed E-state index contributed by atoms with van der Waals surface area (Å²) in [6, 6.07) is 12.3. The number of rotatable bonds is 9. The number of benzene rings is 2. The molecule has 4 N–H and O–H groups in total. The van der Waals surface area contributed by atoms with Gasteiger partial charge in [-0.05, 0) is 48.4 Å². The third-order valence-corrected chi connectivity index (χ3v) is 5.17. The molecule has 2 aromatic carbocycles. The molecule has 140 valence electrons. The van der Waals surface area contributed by atoms with Gasteiger partial charge in [0, 0.05) is 11.6 Å². The first-order valence-electron chi connectivity index (χ1n) is 7.72. The highest BCUT2D eigenvalue weighted by Gasteiger charge is 2.15. The highest BCUT2D eigenvalue weighted by Crippen LogP contribution is 2.20. The van der Waals surface area contributed by atoms with Gasteiger partial charge >= 0.3 is 0 Å². The molecule has 7 nitrogen and oxygen atoms in total. The summed E-state index contributed by atoms with van der Waals surface area (Å²) in [5, 5.41) is 10.6. The van der Waals surface area contributed by atoms with Crippen LogP contribution in [0.25, 0.3) is 0 Å². The molecule has 2 aromatic rings. The number of carbonyl (C=O) groups is 1. The van der Waals surface area contributed by atoms with Gasteiger partial charge in [-0.25, -0.2) is 13.1 Å². The summed E-state index contributed by atoms with van der Waals surface area (Å²) in [5.74, 6) is -0.291. The first kappa shape index (κ1) is 20.2. The van der Waals surface area contributed by atoms with Gasteiger partial charge in [0.1, 0.15) is 5.75 Å². The first-order valence-corrected chi connectivity index (χ1v) is 9.58. The Morgan fingerprint density at radius 3 is 2.54 bits per heavy atom. The molecule has 1 atom stereocenters. The third kappa shape index (κ3) is 5.99. The third-order valence-electron chi connectivity index (χ3n) is 3.46. The highest BCUT2D eigenvalue weighted by atomic mass is 35.5. The molecule has 0 unspecified atom stereocenters. The Bertz CT molecular complexity index is 856. The van der Waals surface area contributed by atoms with Crippen LogP contribution in [0.5, 0.6) is 5.75 Å². The van der Waals surface area contributed by atoms with E-state index in [1.165, 1.54) is 24.3 Å². The zero-order valence-corrected chi connectivity index (χ0v) is 15.3. The van der Waals surface area contributed by atoms with Gasteiger partial charge in [0.25, 0.3) is 5.91 Å². The number of amides is 1. The maximum Gasteiger partial charge on any atom is 0.255 e. The number of aliphatic hydroxyl groups is 1. The van der Waals surface area contributed by atoms with Crippen LogP contribution in [-0.2, 0) is 14.8 Å². The lowest BCUT2D eigenvalue weighted by Crippen LogP contribution is -2.26. The number of sulfonamides is 1. The molecule has 2 rings (SSSR count). The van der Waals surface area contributed by atoms with Crippen molar-refractivity contribution in [1.82, 2.24) is 4.72 Å². The van der Waals surface area contributed by atoms with E-state index in [-0.39, 0.29) is 24.5 Å². The van der Waals surface area contributed by atoms with Crippen molar-refractivity contribution in [2.45, 2.75) is 17.4 Å². The lowest BCUT2D eigenvalue weighted by atomic mass is 10.1. The van der Waals surface area contributed by atoms with E-state index in [1.54, 1.807) is 24.3 Å². The summed E-state index contributed by atoms with van der Waals surface area (Å²) in [6.07, 6.45) is -0.639. The molecule has 1 amide bonds. The second-order valence-electron chi connectivity index (χ2n) is 5.48. The molecule has 26 heavy (non-hydrogen) atoms. The van der Waals surface area contributed by atoms with Crippen molar-refractivity contribution in [2.24, 2.45) is 5.73 Å². The average molecular weight is 399 g/mol. The maximum atomic E-state index is 12.3. The van der Waals surface area contributed by atoms with Crippen LogP contribution in [0.15, 0.2) is 53.4 Å². The quantitative estimate of drug-likeness (QED) is 0.592. The van der Waals surface area contributed by atoms with Crippen LogP contribution in [0.1, 0.15) is 18.1 Å². The summed E-state index contributed by atoms with van der Waals surface area (Å²) in [7, 11) is -3.73. The van der Waals surface area contributed by atoms with Crippen molar-refractivity contribution >= 4 is 27.5 Å². The Labute approximate surface area is 156 Å². The number of ether oxygens (including phenoxy) is 1. The minimum atomic E-state index is -3.73. The molecule has 0 fully saturated rings. The van der Waals surface area contributed by atoms with Gasteiger partial charge in [-0.2, -0.15) is 0 Å². The Morgan fingerprint density at radius 1 is 1.23 bits per heavy atom. The average Bonchev–Trinajstić information content (AvgIpc) is 2.60. The van der Waals surface area contributed by atoms with Crippen molar-refractivity contribution in [3.63, 3.8) is 0 Å². The van der Waals surface area contributed by atoms with Crippen molar-refractivity contribution in [3.8, 4) is 5.75 Å². The second-order valence-corrected chi connectivity index (χ2v) is 7.69. The zero-order chi connectivity index (χ0) is 19.2. The molecule has 0 heterocycles. The molecule has 0 aromatic heterocycles. The summed E-state index contributed by atoms with van der Waals surface area (Å²) in [5.41, 5.74) is 5.59. The molecular formula is C17H19ClN2O5S. The minimum absolute atomic E-state index is 0.0428. The summed E-state index contributed by atoms with van der Waals surface area (Å²) >= 11 is 5.87. The normalized spacial score (nSPS) is 12.5. The number of hydrogen-bond acceptors (Lipinski definition) is 5. The van der Waals surface area contributed by atoms with Crippen LogP contribution in [0.4, 0.5) is 0 Å². The Kier molecular flexibility index (Phi) is 6.98. The zero-order valence-electron chi connectivity index (χ0n) is 13.8. The van der Waals surface area contributed by atoms with Crippen molar-refractivity contribution < 1.29 is 23.1 Å². The Balaban J connectivity index is 1.90. The van der Waals surface area contributed by atoms with Crippen LogP contribution >= 0.6 is 11.6 Å². The lowest BCUT2D eigenvalue weighted by Gasteiger charge is -2.12. The SMILES string of the molecule is NC(=O)COc1ccc(S(=O)(=O)NCC[C@H](O)c2cccc(Cl)c2)cc1. The fourth-order valence-electron chi connectivity index (χ4n) is 2.16. The number of carbonyl (C=O) groups excluding carboxylic acids is 1. The second kappa shape index (κ2) is 9.00. The molecule has 0 radical (unpaired) electrons. The standard InChI is InChI=1S/C17H19ClN2O5S/c18-13-3-1-2-12(10-13)16(21)8-9-20-26(23,24)15-6-4-14(5-7-15)25-11-17(19)22/h1-7,10,16,20-21H,8-9,11H2,(H2,19,22)/t16-/m0/s1. The molecule has 0 saturated heterocycles. The fraction of sp³-hybridized carbons (Fsp3) is 0.235. The van der Waals surface area contributed by atoms with Crippen molar-refractivity contribution in [1.29, 1.82) is 0 Å². The van der Waals surface area contributed by atoms with E-state index in [4.69, 9.17) is 22.1 Å². The lowest BCUT2D eigenvalue weighted by molar-refractivity contribution is -0.119. The van der Waals surface area contributed by atoms with Crippen molar-refractivity contribution in [2.75, 3.05) is 13.2 Å². The number of hydrogen-bond donors (Lipinski definition) is 3. The van der Waals surface area contributed by atoms with E-state index in [1.807, 2.05) is 0 Å². The van der Waals surface area contributed by atoms with Crippen LogP contribution in [0.3, 0.4) is 0 Å². The van der Waals surface area contributed by atoms with Crippen LogP contribution in [-0.4, -0.2) is 32.6 Å². The van der Waals surface area contributed by atoms with Gasteiger partial charge < -0.3 is 15.6 Å². The molecule has 0 aliphatic heterocycles. The number of primary amides is 1. The molecule has 0 bridgehead atoms. The molecule has 0 spiro atoms. The Hall–Kier alpha value is -2.13. The van der Waals surface area contributed by atoms with E-state index < -0.39 is 22.0 Å². The first-order chi connectivity index (χ1) is 12.3. The molecular weight excluding hydrogens is 380 g/mol. The van der Waals surface area contributed by atoms with E-state index >= 15 is 0 Å². The van der Waals surface area contributed by atoms with Crippen LogP contribution in [0, 0.1) is 0 Å². The molecule has 9 heteroatoms. The van der Waals surface area contributed by atoms with Gasteiger partial charge in [-0.3, -0.25) is 4.79 Å². The maximum absolute atomic E-state index is 12.3. The highest BCUT2D eigenvalue weighted by molar-refractivity contribution is 7.89. The summed E-state index contributed by atoms with van der Waals surface area (Å²) in [4.78, 5) is 10.7. The minimum Gasteiger partial charge on any atom is -0.484 e. The fourth-order valence-corrected chi connectivity index (χ4v) is 3.41. The van der Waals surface area contributed by atoms with E-state index in [9.17, 15) is 18.3 Å². The van der Waals surface area contributed by atoms with Crippen molar-refractivity contribution in [3.05, 3.63) is 59.1 Å². The monoisotopic (exact) mass is 398 g/mol. The van der Waals surface area contributed by atoms with E-state index in [0.717, 1.165) is 0 Å². The van der Waals surface area contributed by atoms with Gasteiger partial charge in [0.15, 0.2) is 6.61 Å². The predicted octanol–water partition coefficient (Wildman–Crippen LogP) is 1.61. The smallest absolute Gasteiger partial charge is 0.255 e. The van der Waals surface area contributed by atoms with Gasteiger partial charge in [0.2, 0.25) is 10.0 Å². The van der Waals surface area contributed by atoms with E-state index in [0.29, 0.717) is 16.3 Å². The van der Waals surface area contributed by atoms with Crippen LogP contribution in [0.2, 0.25) is 5.02 Å². The number of aliphatic hydroxyl groups excluding tert-OH is 1. The van der Waals surface area contributed by atoms with Gasteiger partial charge in [-0.1, -0.05) is 23.7 Å². The largest absolute Gasteiger partial charge is 0.484 e. The Morgan fingerprint density at radius 2 is 1.92 bits per heavy atom. The van der Waals surface area contributed by atoms with Gasteiger partial charge in [-0.15, -0.1) is 0 Å². The number of nitrogens with one attached hydrogen (secondary N) is 1. The summed E-state index contributed by atoms with van der Waals surface area (Å²) < 4.78 is 32.0. The molecule has 0 aliphatic rings. The molecule has 0 aliphatic carbocycles. The van der Waals surface area contributed by atoms with Crippen LogP contribution < -0.4 is 15.2 Å². The number of halogens is 1. The summed E-state index contributed by atoms with van der Waals surface area (Å²) in [6.45, 7) is -0.234. The topological polar surface area (TPSA) is 119 Å². The van der Waals surface area contributed by atoms with Gasteiger partial charge in [0.05, 0.1) is 11.0 Å². The molecule has 0 saturated carbocycles. The predicted molar refractivity (Wildman–Crippen MR) is 97.3 cm³/mol.